The van der Waals surface area contributed by atoms with Gasteiger partial charge >= 0.3 is 0 Å². The summed E-state index contributed by atoms with van der Waals surface area (Å²) in [5.74, 6) is -1.10. The van der Waals surface area contributed by atoms with E-state index in [1.165, 1.54) is 0 Å². The van der Waals surface area contributed by atoms with E-state index in [-0.39, 0.29) is 13.0 Å². The first kappa shape index (κ1) is 16.3. The Morgan fingerprint density at radius 2 is 1.94 bits per heavy atom. The maximum Gasteiger partial charge on any atom is 0.222 e. The van der Waals surface area contributed by atoms with Gasteiger partial charge < -0.3 is 19.5 Å². The van der Waals surface area contributed by atoms with Crippen LogP contribution in [0.25, 0.3) is 0 Å². The molecule has 0 fully saturated rings. The average molecular weight is 268 g/mol. The molecule has 0 aromatic rings. The second-order valence-electron chi connectivity index (χ2n) is 4.94. The van der Waals surface area contributed by atoms with Crippen LogP contribution in [0.4, 0.5) is 0 Å². The van der Waals surface area contributed by atoms with Crippen LogP contribution in [-0.4, -0.2) is 74.6 Å². The predicted octanol–water partition coefficient (Wildman–Crippen LogP) is -1.89. The minimum atomic E-state index is -4.31. The Hall–Kier alpha value is -0.700. The Labute approximate surface area is 102 Å². The van der Waals surface area contributed by atoms with Crippen LogP contribution >= 0.6 is 0 Å². The van der Waals surface area contributed by atoms with Crippen molar-refractivity contribution in [2.24, 2.45) is 0 Å². The molecule has 0 aromatic carbocycles. The number of rotatable bonds is 7. The summed E-state index contributed by atoms with van der Waals surface area (Å²) in [5, 5.41) is 11.8. The molecule has 1 amide bonds. The normalized spacial score (nSPS) is 14.4. The van der Waals surface area contributed by atoms with Crippen molar-refractivity contribution >= 4 is 16.0 Å². The molecular formula is C9H20N2O5S. The minimum Gasteiger partial charge on any atom is -0.748 e. The summed E-state index contributed by atoms with van der Waals surface area (Å²) in [5.41, 5.74) is 0. The fourth-order valence-corrected chi connectivity index (χ4v) is 1.65. The average Bonchev–Trinajstić information content (AvgIpc) is 1.96. The van der Waals surface area contributed by atoms with Gasteiger partial charge in [0.25, 0.3) is 0 Å². The second kappa shape index (κ2) is 6.29. The summed E-state index contributed by atoms with van der Waals surface area (Å²) in [6.45, 7) is 0.190. The number of carbonyl (C=O) groups is 1. The van der Waals surface area contributed by atoms with Crippen molar-refractivity contribution in [2.75, 3.05) is 40.0 Å². The Morgan fingerprint density at radius 3 is 2.35 bits per heavy atom. The van der Waals surface area contributed by atoms with Gasteiger partial charge in [0, 0.05) is 6.54 Å². The van der Waals surface area contributed by atoms with Crippen LogP contribution < -0.4 is 5.32 Å². The van der Waals surface area contributed by atoms with E-state index in [0.717, 1.165) is 0 Å². The molecule has 7 nitrogen and oxygen atoms in total. The van der Waals surface area contributed by atoms with Gasteiger partial charge in [-0.3, -0.25) is 4.79 Å². The van der Waals surface area contributed by atoms with Gasteiger partial charge in [-0.1, -0.05) is 0 Å². The number of aliphatic hydroxyl groups is 1. The summed E-state index contributed by atoms with van der Waals surface area (Å²) in [4.78, 5) is 11.3. The molecule has 17 heavy (non-hydrogen) atoms. The molecule has 1 atom stereocenters. The van der Waals surface area contributed by atoms with Gasteiger partial charge in [-0.05, 0) is 0 Å². The van der Waals surface area contributed by atoms with Crippen molar-refractivity contribution in [2.45, 2.75) is 12.5 Å². The topological polar surface area (TPSA) is 107 Å². The zero-order valence-corrected chi connectivity index (χ0v) is 11.2. The largest absolute Gasteiger partial charge is 0.748 e. The lowest BCUT2D eigenvalue weighted by Crippen LogP contribution is -2.43. The monoisotopic (exact) mass is 268 g/mol. The minimum absolute atomic E-state index is 0.103. The molecule has 8 heteroatoms. The third-order valence-electron chi connectivity index (χ3n) is 1.85. The van der Waals surface area contributed by atoms with Crippen molar-refractivity contribution < 1.29 is 27.4 Å². The first-order valence-corrected chi connectivity index (χ1v) is 6.76. The fraction of sp³-hybridized carbons (Fsp3) is 0.889. The first-order chi connectivity index (χ1) is 7.49. The first-order valence-electron chi connectivity index (χ1n) is 5.18. The highest BCUT2D eigenvalue weighted by Crippen LogP contribution is 1.99. The maximum absolute atomic E-state index is 11.3. The number of nitrogens with zero attached hydrogens (tertiary/aromatic N) is 1. The van der Waals surface area contributed by atoms with Gasteiger partial charge in [0.05, 0.1) is 43.4 Å². The van der Waals surface area contributed by atoms with Gasteiger partial charge in [0.2, 0.25) is 5.91 Å². The van der Waals surface area contributed by atoms with E-state index in [1.807, 2.05) is 21.1 Å². The van der Waals surface area contributed by atoms with Crippen molar-refractivity contribution in [1.29, 1.82) is 0 Å². The molecule has 0 aliphatic heterocycles. The molecule has 1 unspecified atom stereocenters. The van der Waals surface area contributed by atoms with Gasteiger partial charge in [0.1, 0.15) is 12.6 Å². The van der Waals surface area contributed by atoms with Crippen LogP contribution in [0.2, 0.25) is 0 Å². The summed E-state index contributed by atoms with van der Waals surface area (Å²) >= 11 is 0. The third kappa shape index (κ3) is 11.6. The number of likely N-dealkylation sites (N-methyl/N-ethyl adjacent to an activating group) is 1. The van der Waals surface area contributed by atoms with Crippen LogP contribution in [0.5, 0.6) is 0 Å². The molecule has 0 spiro atoms. The Morgan fingerprint density at radius 1 is 1.41 bits per heavy atom. The van der Waals surface area contributed by atoms with Crippen LogP contribution in [-0.2, 0) is 14.9 Å². The smallest absolute Gasteiger partial charge is 0.222 e. The highest BCUT2D eigenvalue weighted by atomic mass is 32.2. The van der Waals surface area contributed by atoms with Gasteiger partial charge in [-0.15, -0.1) is 0 Å². The Kier molecular flexibility index (Phi) is 6.03. The van der Waals surface area contributed by atoms with Gasteiger partial charge in [-0.25, -0.2) is 8.42 Å². The van der Waals surface area contributed by atoms with Crippen LogP contribution in [0.3, 0.4) is 0 Å². The summed E-state index contributed by atoms with van der Waals surface area (Å²) in [6, 6.07) is 0. The molecule has 0 heterocycles. The lowest BCUT2D eigenvalue weighted by atomic mass is 10.2. The summed E-state index contributed by atoms with van der Waals surface area (Å²) in [6.07, 6.45) is -0.895. The molecule has 0 saturated carbocycles. The van der Waals surface area contributed by atoms with Crippen molar-refractivity contribution in [3.63, 3.8) is 0 Å². The number of hydrogen-bond acceptors (Lipinski definition) is 5. The number of hydrogen-bond donors (Lipinski definition) is 2. The van der Waals surface area contributed by atoms with E-state index >= 15 is 0 Å². The fourth-order valence-electron chi connectivity index (χ4n) is 1.30. The molecule has 0 radical (unpaired) electrons. The number of aliphatic hydroxyl groups excluding tert-OH is 1. The number of amides is 1. The second-order valence-corrected chi connectivity index (χ2v) is 6.47. The lowest BCUT2D eigenvalue weighted by molar-refractivity contribution is -0.873. The molecule has 0 saturated heterocycles. The summed E-state index contributed by atoms with van der Waals surface area (Å²) < 4.78 is 31.3. The molecule has 0 rings (SSSR count). The number of nitrogens with one attached hydrogen (secondary N) is 1. The SMILES string of the molecule is C[N+](C)(C)CC(O)CC(=O)NCCS(=O)(=O)[O-]. The predicted molar refractivity (Wildman–Crippen MR) is 61.1 cm³/mol. The van der Waals surface area contributed by atoms with Crippen molar-refractivity contribution in [3.05, 3.63) is 0 Å². The van der Waals surface area contributed by atoms with Crippen LogP contribution in [0, 0.1) is 0 Å². The van der Waals surface area contributed by atoms with E-state index < -0.39 is 27.9 Å². The summed E-state index contributed by atoms with van der Waals surface area (Å²) in [7, 11) is 1.33. The maximum atomic E-state index is 11.3. The van der Waals surface area contributed by atoms with E-state index in [2.05, 4.69) is 5.32 Å². The number of quaternary nitrogens is 1. The molecule has 0 aliphatic rings. The third-order valence-corrected chi connectivity index (χ3v) is 2.56. The molecule has 102 valence electrons. The van der Waals surface area contributed by atoms with E-state index in [4.69, 9.17) is 0 Å². The zero-order chi connectivity index (χ0) is 13.7. The number of carbonyl (C=O) groups excluding carboxylic acids is 1. The molecule has 0 aliphatic carbocycles. The Bertz CT molecular complexity index is 347. The van der Waals surface area contributed by atoms with Crippen molar-refractivity contribution in [3.8, 4) is 0 Å². The van der Waals surface area contributed by atoms with Crippen LogP contribution in [0.15, 0.2) is 0 Å². The Balaban J connectivity index is 3.87. The molecular weight excluding hydrogens is 248 g/mol. The highest BCUT2D eigenvalue weighted by Gasteiger charge is 2.18. The van der Waals surface area contributed by atoms with Crippen molar-refractivity contribution in [1.82, 2.24) is 5.32 Å². The standard InChI is InChI=1S/C9H20N2O5S/c1-11(2,3)7-8(12)6-9(13)10-4-5-17(14,15)16/h8,12H,4-7H2,1-3H3,(H-,10,13,14,15,16). The van der Waals surface area contributed by atoms with Crippen LogP contribution in [0.1, 0.15) is 6.42 Å². The zero-order valence-electron chi connectivity index (χ0n) is 10.3. The highest BCUT2D eigenvalue weighted by molar-refractivity contribution is 7.85. The van der Waals surface area contributed by atoms with Gasteiger partial charge in [-0.2, -0.15) is 0 Å². The van der Waals surface area contributed by atoms with E-state index in [1.54, 1.807) is 0 Å². The van der Waals surface area contributed by atoms with E-state index in [9.17, 15) is 22.9 Å². The molecule has 2 N–H and O–H groups in total. The molecule has 0 bridgehead atoms. The van der Waals surface area contributed by atoms with E-state index in [0.29, 0.717) is 11.0 Å². The molecule has 0 aromatic heterocycles. The quantitative estimate of drug-likeness (QED) is 0.414. The van der Waals surface area contributed by atoms with Gasteiger partial charge in [0.15, 0.2) is 0 Å². The lowest BCUT2D eigenvalue weighted by Gasteiger charge is -2.26.